The minimum absolute atomic E-state index is 0.149. The van der Waals surface area contributed by atoms with Gasteiger partial charge in [-0.25, -0.2) is 0 Å². The number of hydrogen-bond acceptors (Lipinski definition) is 5. The first kappa shape index (κ1) is 13.5. The molecule has 1 N–H and O–H groups in total. The zero-order valence-corrected chi connectivity index (χ0v) is 10.7. The molecule has 0 aliphatic carbocycles. The van der Waals surface area contributed by atoms with Crippen molar-refractivity contribution in [2.45, 2.75) is 0 Å². The summed E-state index contributed by atoms with van der Waals surface area (Å²) in [4.78, 5) is 36.3. The summed E-state index contributed by atoms with van der Waals surface area (Å²) in [5, 5.41) is 10.7. The molecule has 2 rings (SSSR count). The first-order valence-electron chi connectivity index (χ1n) is 5.76. The van der Waals surface area contributed by atoms with E-state index < -0.39 is 17.6 Å². The number of hydrogen-bond donors (Lipinski definition) is 1. The highest BCUT2D eigenvalue weighted by Crippen LogP contribution is 2.31. The van der Waals surface area contributed by atoms with E-state index in [0.717, 1.165) is 4.90 Å². The maximum absolute atomic E-state index is 11.9. The van der Waals surface area contributed by atoms with E-state index in [1.165, 1.54) is 13.2 Å². The van der Waals surface area contributed by atoms with Gasteiger partial charge < -0.3 is 10.1 Å². The Hall–Kier alpha value is -2.88. The average molecular weight is 273 g/mol. The van der Waals surface area contributed by atoms with Crippen molar-refractivity contribution in [1.29, 1.82) is 5.26 Å². The van der Waals surface area contributed by atoms with Crippen LogP contribution in [0.5, 0.6) is 5.75 Å². The second kappa shape index (κ2) is 5.40. The fraction of sp³-hybridized carbons (Fsp3) is 0.231. The van der Waals surface area contributed by atoms with Gasteiger partial charge in [0, 0.05) is 0 Å². The van der Waals surface area contributed by atoms with E-state index in [-0.39, 0.29) is 18.7 Å². The number of ether oxygens (including phenoxy) is 1. The van der Waals surface area contributed by atoms with Crippen LogP contribution in [0.4, 0.5) is 5.69 Å². The highest BCUT2D eigenvalue weighted by Gasteiger charge is 2.37. The number of carbonyl (C=O) groups excluding carboxylic acids is 3. The van der Waals surface area contributed by atoms with Gasteiger partial charge in [0.05, 0.1) is 24.4 Å². The van der Waals surface area contributed by atoms with Crippen LogP contribution in [0.3, 0.4) is 0 Å². The third-order valence-corrected chi connectivity index (χ3v) is 2.84. The van der Waals surface area contributed by atoms with Crippen LogP contribution >= 0.6 is 0 Å². The first-order valence-corrected chi connectivity index (χ1v) is 5.76. The number of carbonyl (C=O) groups is 3. The fourth-order valence-electron chi connectivity index (χ4n) is 1.90. The molecule has 1 aliphatic rings. The summed E-state index contributed by atoms with van der Waals surface area (Å²) in [5.41, 5.74) is 0.579. The lowest BCUT2D eigenvalue weighted by Gasteiger charge is -2.15. The summed E-state index contributed by atoms with van der Waals surface area (Å²) in [6.07, 6.45) is 0. The quantitative estimate of drug-likeness (QED) is 0.608. The maximum Gasteiger partial charge on any atom is 0.299 e. The molecule has 0 atom stereocenters. The molecule has 1 aromatic carbocycles. The van der Waals surface area contributed by atoms with Crippen LogP contribution in [0.15, 0.2) is 18.2 Å². The van der Waals surface area contributed by atoms with Crippen molar-refractivity contribution in [2.75, 3.05) is 25.1 Å². The Kier molecular flexibility index (Phi) is 3.66. The van der Waals surface area contributed by atoms with Gasteiger partial charge in [0.1, 0.15) is 18.8 Å². The van der Waals surface area contributed by atoms with E-state index in [0.29, 0.717) is 11.4 Å². The number of nitrogens with one attached hydrogen (secondary N) is 1. The molecular formula is C13H11N3O4. The zero-order chi connectivity index (χ0) is 14.7. The summed E-state index contributed by atoms with van der Waals surface area (Å²) in [6.45, 7) is -0.449. The first-order chi connectivity index (χ1) is 9.58. The molecule has 1 heterocycles. The second-order valence-corrected chi connectivity index (χ2v) is 4.04. The Bertz CT molecular complexity index is 633. The van der Waals surface area contributed by atoms with Crippen LogP contribution in [-0.2, 0) is 9.59 Å². The number of amides is 2. The molecule has 0 aromatic heterocycles. The Balaban J connectivity index is 2.25. The molecule has 20 heavy (non-hydrogen) atoms. The summed E-state index contributed by atoms with van der Waals surface area (Å²) in [6, 6.07) is 6.37. The maximum atomic E-state index is 11.9. The number of methoxy groups -OCH3 is 1. The third-order valence-electron chi connectivity index (χ3n) is 2.84. The molecule has 0 saturated heterocycles. The van der Waals surface area contributed by atoms with Crippen molar-refractivity contribution in [3.05, 3.63) is 23.8 Å². The molecule has 0 spiro atoms. The van der Waals surface area contributed by atoms with Gasteiger partial charge in [0.15, 0.2) is 0 Å². The van der Waals surface area contributed by atoms with Gasteiger partial charge in [-0.3, -0.25) is 19.3 Å². The number of Topliss-reactive ketones (excluding diaryl/α,β-unsaturated/α-hetero) is 1. The standard InChI is InChI=1S/C13H11N3O4/c1-20-8-2-3-10-9(6-8)12(18)13(19)16(10)7-11(17)15-5-4-14/h2-3,6H,5,7H2,1H3,(H,15,17). The number of fused-ring (bicyclic) bond motifs is 1. The van der Waals surface area contributed by atoms with E-state index in [1.807, 2.05) is 0 Å². The fourth-order valence-corrected chi connectivity index (χ4v) is 1.90. The second-order valence-electron chi connectivity index (χ2n) is 4.04. The number of nitriles is 1. The van der Waals surface area contributed by atoms with Crippen molar-refractivity contribution in [3.63, 3.8) is 0 Å². The molecule has 0 bridgehead atoms. The van der Waals surface area contributed by atoms with E-state index >= 15 is 0 Å². The monoisotopic (exact) mass is 273 g/mol. The molecule has 1 aliphatic heterocycles. The zero-order valence-electron chi connectivity index (χ0n) is 10.7. The lowest BCUT2D eigenvalue weighted by molar-refractivity contribution is -0.121. The van der Waals surface area contributed by atoms with Gasteiger partial charge >= 0.3 is 0 Å². The Morgan fingerprint density at radius 3 is 2.85 bits per heavy atom. The van der Waals surface area contributed by atoms with Crippen LogP contribution in [0.25, 0.3) is 0 Å². The summed E-state index contributed by atoms with van der Waals surface area (Å²) < 4.78 is 5.00. The summed E-state index contributed by atoms with van der Waals surface area (Å²) >= 11 is 0. The highest BCUT2D eigenvalue weighted by atomic mass is 16.5. The minimum Gasteiger partial charge on any atom is -0.497 e. The molecular weight excluding hydrogens is 262 g/mol. The SMILES string of the molecule is COc1ccc2c(c1)C(=O)C(=O)N2CC(=O)NCC#N. The highest BCUT2D eigenvalue weighted by molar-refractivity contribution is 6.52. The normalized spacial score (nSPS) is 12.9. The number of rotatable bonds is 4. The van der Waals surface area contributed by atoms with Gasteiger partial charge in [0.25, 0.3) is 11.7 Å². The predicted octanol–water partition coefficient (Wildman–Crippen LogP) is -0.136. The Morgan fingerprint density at radius 1 is 1.45 bits per heavy atom. The smallest absolute Gasteiger partial charge is 0.299 e. The molecule has 0 radical (unpaired) electrons. The number of ketones is 1. The van der Waals surface area contributed by atoms with Crippen molar-refractivity contribution in [1.82, 2.24) is 5.32 Å². The topological polar surface area (TPSA) is 99.5 Å². The predicted molar refractivity (Wildman–Crippen MR) is 68.3 cm³/mol. The number of benzene rings is 1. The molecule has 0 fully saturated rings. The van der Waals surface area contributed by atoms with Crippen LogP contribution in [-0.4, -0.2) is 37.8 Å². The van der Waals surface area contributed by atoms with Gasteiger partial charge in [-0.1, -0.05) is 0 Å². The van der Waals surface area contributed by atoms with E-state index in [4.69, 9.17) is 10.00 Å². The van der Waals surface area contributed by atoms with Crippen LogP contribution in [0, 0.1) is 11.3 Å². The molecule has 7 heteroatoms. The molecule has 2 amide bonds. The molecule has 0 unspecified atom stereocenters. The van der Waals surface area contributed by atoms with Gasteiger partial charge in [0.2, 0.25) is 5.91 Å². The van der Waals surface area contributed by atoms with Crippen molar-refractivity contribution >= 4 is 23.3 Å². The molecule has 1 aromatic rings. The van der Waals surface area contributed by atoms with E-state index in [2.05, 4.69) is 5.32 Å². The van der Waals surface area contributed by atoms with E-state index in [9.17, 15) is 14.4 Å². The van der Waals surface area contributed by atoms with E-state index in [1.54, 1.807) is 18.2 Å². The van der Waals surface area contributed by atoms with Crippen LogP contribution < -0.4 is 15.0 Å². The molecule has 0 saturated carbocycles. The van der Waals surface area contributed by atoms with Gasteiger partial charge in [-0.15, -0.1) is 0 Å². The largest absolute Gasteiger partial charge is 0.497 e. The lowest BCUT2D eigenvalue weighted by Crippen LogP contribution is -2.40. The minimum atomic E-state index is -0.764. The van der Waals surface area contributed by atoms with Crippen molar-refractivity contribution in [2.24, 2.45) is 0 Å². The van der Waals surface area contributed by atoms with Crippen molar-refractivity contribution in [3.8, 4) is 11.8 Å². The van der Waals surface area contributed by atoms with Gasteiger partial charge in [-0.2, -0.15) is 5.26 Å². The molecule has 7 nitrogen and oxygen atoms in total. The molecule has 102 valence electrons. The van der Waals surface area contributed by atoms with Crippen LogP contribution in [0.2, 0.25) is 0 Å². The van der Waals surface area contributed by atoms with Gasteiger partial charge in [-0.05, 0) is 18.2 Å². The number of anilines is 1. The summed E-state index contributed by atoms with van der Waals surface area (Å²) in [5.74, 6) is -1.48. The Labute approximate surface area is 114 Å². The van der Waals surface area contributed by atoms with Crippen molar-refractivity contribution < 1.29 is 19.1 Å². The lowest BCUT2D eigenvalue weighted by atomic mass is 10.1. The van der Waals surface area contributed by atoms with Crippen LogP contribution in [0.1, 0.15) is 10.4 Å². The third kappa shape index (κ3) is 2.31. The average Bonchev–Trinajstić information content (AvgIpc) is 2.69. The Morgan fingerprint density at radius 2 is 2.20 bits per heavy atom. The summed E-state index contributed by atoms with van der Waals surface area (Å²) in [7, 11) is 1.45. The number of nitrogens with zero attached hydrogens (tertiary/aromatic N) is 2.